The van der Waals surface area contributed by atoms with E-state index >= 15 is 0 Å². The van der Waals surface area contributed by atoms with E-state index in [0.29, 0.717) is 19.6 Å². The van der Waals surface area contributed by atoms with Crippen LogP contribution in [-0.2, 0) is 9.59 Å². The number of halogens is 1. The Morgan fingerprint density at radius 1 is 1.16 bits per heavy atom. The molecule has 0 aromatic heterocycles. The topological polar surface area (TPSA) is 43.9 Å². The highest BCUT2D eigenvalue weighted by Crippen LogP contribution is 2.41. The van der Waals surface area contributed by atoms with Gasteiger partial charge < -0.3 is 14.7 Å². The van der Waals surface area contributed by atoms with Gasteiger partial charge in [0.15, 0.2) is 0 Å². The van der Waals surface area contributed by atoms with Gasteiger partial charge in [-0.3, -0.25) is 9.59 Å². The molecule has 6 heteroatoms. The molecule has 0 radical (unpaired) electrons. The fourth-order valence-electron chi connectivity index (χ4n) is 4.03. The summed E-state index contributed by atoms with van der Waals surface area (Å²) in [5.74, 6) is -0.149. The number of anilines is 1. The van der Waals surface area contributed by atoms with Crippen molar-refractivity contribution in [3.05, 3.63) is 30.1 Å². The fraction of sp³-hybridized carbons (Fsp3) is 0.579. The highest BCUT2D eigenvalue weighted by atomic mass is 19.1. The van der Waals surface area contributed by atoms with Crippen LogP contribution in [0.4, 0.5) is 10.1 Å². The molecule has 25 heavy (non-hydrogen) atoms. The summed E-state index contributed by atoms with van der Waals surface area (Å²) in [5.41, 5.74) is 0.245. The number of likely N-dealkylation sites (tertiary alicyclic amines) is 1. The summed E-state index contributed by atoms with van der Waals surface area (Å²) < 4.78 is 13.2. The Kier molecular flexibility index (Phi) is 5.08. The number of amides is 2. The average molecular weight is 347 g/mol. The number of benzene rings is 1. The second-order valence-corrected chi connectivity index (χ2v) is 7.47. The standard InChI is InChI=1S/C19H26FN3O2/c1-21(2)13-17(24)22-11-3-9-19(14-22)10-4-12-23(18(19)25)16-7-5-15(20)6-8-16/h5-8H,3-4,9-14H2,1-2H3. The summed E-state index contributed by atoms with van der Waals surface area (Å²) in [5, 5.41) is 0. The normalized spacial score (nSPS) is 24.2. The lowest BCUT2D eigenvalue weighted by Gasteiger charge is -2.47. The van der Waals surface area contributed by atoms with E-state index in [0.717, 1.165) is 37.9 Å². The molecule has 1 aromatic rings. The van der Waals surface area contributed by atoms with Gasteiger partial charge in [0.1, 0.15) is 5.82 Å². The first-order valence-corrected chi connectivity index (χ1v) is 8.91. The maximum atomic E-state index is 13.3. The zero-order valence-corrected chi connectivity index (χ0v) is 15.0. The van der Waals surface area contributed by atoms with Crippen molar-refractivity contribution in [2.75, 3.05) is 45.2 Å². The van der Waals surface area contributed by atoms with Gasteiger partial charge in [-0.2, -0.15) is 0 Å². The second kappa shape index (κ2) is 7.12. The van der Waals surface area contributed by atoms with Crippen LogP contribution in [-0.4, -0.2) is 61.9 Å². The third-order valence-corrected chi connectivity index (χ3v) is 5.26. The molecular formula is C19H26FN3O2. The maximum absolute atomic E-state index is 13.3. The third-order valence-electron chi connectivity index (χ3n) is 5.26. The van der Waals surface area contributed by atoms with E-state index in [1.807, 2.05) is 23.9 Å². The fourth-order valence-corrected chi connectivity index (χ4v) is 4.03. The average Bonchev–Trinajstić information content (AvgIpc) is 2.58. The predicted octanol–water partition coefficient (Wildman–Crippen LogP) is 2.12. The molecule has 2 aliphatic rings. The Bertz CT molecular complexity index is 643. The van der Waals surface area contributed by atoms with Crippen LogP contribution in [0.3, 0.4) is 0 Å². The van der Waals surface area contributed by atoms with E-state index in [9.17, 15) is 14.0 Å². The number of rotatable bonds is 3. The molecule has 1 unspecified atom stereocenters. The molecule has 2 fully saturated rings. The van der Waals surface area contributed by atoms with Crippen molar-refractivity contribution >= 4 is 17.5 Å². The van der Waals surface area contributed by atoms with Crippen LogP contribution in [0.25, 0.3) is 0 Å². The van der Waals surface area contributed by atoms with Crippen LogP contribution in [0.2, 0.25) is 0 Å². The predicted molar refractivity (Wildman–Crippen MR) is 94.8 cm³/mol. The van der Waals surface area contributed by atoms with Gasteiger partial charge in [0.05, 0.1) is 12.0 Å². The van der Waals surface area contributed by atoms with Crippen LogP contribution >= 0.6 is 0 Å². The van der Waals surface area contributed by atoms with E-state index in [2.05, 4.69) is 0 Å². The molecular weight excluding hydrogens is 321 g/mol. The molecule has 3 rings (SSSR count). The van der Waals surface area contributed by atoms with Crippen molar-refractivity contribution in [2.24, 2.45) is 5.41 Å². The number of nitrogens with zero attached hydrogens (tertiary/aromatic N) is 3. The zero-order chi connectivity index (χ0) is 18.0. The molecule has 2 aliphatic heterocycles. The molecule has 2 saturated heterocycles. The van der Waals surface area contributed by atoms with E-state index in [1.54, 1.807) is 17.0 Å². The summed E-state index contributed by atoms with van der Waals surface area (Å²) in [6.45, 7) is 2.23. The summed E-state index contributed by atoms with van der Waals surface area (Å²) in [6, 6.07) is 6.09. The molecule has 0 saturated carbocycles. The summed E-state index contributed by atoms with van der Waals surface area (Å²) >= 11 is 0. The molecule has 1 spiro atoms. The van der Waals surface area contributed by atoms with E-state index in [4.69, 9.17) is 0 Å². The number of hydrogen-bond acceptors (Lipinski definition) is 3. The van der Waals surface area contributed by atoms with Gasteiger partial charge in [0.2, 0.25) is 11.8 Å². The van der Waals surface area contributed by atoms with Crippen molar-refractivity contribution in [2.45, 2.75) is 25.7 Å². The van der Waals surface area contributed by atoms with Crippen LogP contribution in [0.1, 0.15) is 25.7 Å². The second-order valence-electron chi connectivity index (χ2n) is 7.47. The lowest BCUT2D eigenvalue weighted by molar-refractivity contribution is -0.142. The van der Waals surface area contributed by atoms with Crippen molar-refractivity contribution in [3.8, 4) is 0 Å². The number of piperidine rings is 2. The lowest BCUT2D eigenvalue weighted by atomic mass is 9.72. The first-order chi connectivity index (χ1) is 11.9. The Morgan fingerprint density at radius 2 is 1.80 bits per heavy atom. The SMILES string of the molecule is CN(C)CC(=O)N1CCCC2(CCCN(c3ccc(F)cc3)C2=O)C1. The molecule has 5 nitrogen and oxygen atoms in total. The Morgan fingerprint density at radius 3 is 2.44 bits per heavy atom. The van der Waals surface area contributed by atoms with Gasteiger partial charge in [0.25, 0.3) is 0 Å². The highest BCUT2D eigenvalue weighted by Gasteiger charge is 2.47. The van der Waals surface area contributed by atoms with Crippen LogP contribution in [0.15, 0.2) is 24.3 Å². The molecule has 2 amide bonds. The van der Waals surface area contributed by atoms with E-state index in [1.165, 1.54) is 12.1 Å². The van der Waals surface area contributed by atoms with E-state index in [-0.39, 0.29) is 17.6 Å². The minimum Gasteiger partial charge on any atom is -0.341 e. The third kappa shape index (κ3) is 3.68. The van der Waals surface area contributed by atoms with Crippen molar-refractivity contribution in [1.82, 2.24) is 9.80 Å². The first kappa shape index (κ1) is 17.9. The Labute approximate surface area is 148 Å². The Hall–Kier alpha value is -1.95. The summed E-state index contributed by atoms with van der Waals surface area (Å²) in [6.07, 6.45) is 3.38. The van der Waals surface area contributed by atoms with Gasteiger partial charge in [-0.25, -0.2) is 4.39 Å². The number of carbonyl (C=O) groups excluding carboxylic acids is 2. The quantitative estimate of drug-likeness (QED) is 0.841. The van der Waals surface area contributed by atoms with E-state index < -0.39 is 5.41 Å². The van der Waals surface area contributed by atoms with Gasteiger partial charge in [-0.05, 0) is 64.0 Å². The highest BCUT2D eigenvalue weighted by molar-refractivity contribution is 5.99. The van der Waals surface area contributed by atoms with Crippen molar-refractivity contribution < 1.29 is 14.0 Å². The summed E-state index contributed by atoms with van der Waals surface area (Å²) in [7, 11) is 3.75. The minimum absolute atomic E-state index is 0.0766. The maximum Gasteiger partial charge on any atom is 0.236 e. The van der Waals surface area contributed by atoms with Gasteiger partial charge in [-0.15, -0.1) is 0 Å². The number of carbonyl (C=O) groups is 2. The molecule has 0 N–H and O–H groups in total. The summed E-state index contributed by atoms with van der Waals surface area (Å²) in [4.78, 5) is 31.2. The number of hydrogen-bond donors (Lipinski definition) is 0. The van der Waals surface area contributed by atoms with Gasteiger partial charge in [0, 0.05) is 25.3 Å². The zero-order valence-electron chi connectivity index (χ0n) is 15.0. The molecule has 136 valence electrons. The monoisotopic (exact) mass is 347 g/mol. The number of likely N-dealkylation sites (N-methyl/N-ethyl adjacent to an activating group) is 1. The van der Waals surface area contributed by atoms with Gasteiger partial charge >= 0.3 is 0 Å². The van der Waals surface area contributed by atoms with Crippen LogP contribution in [0, 0.1) is 11.2 Å². The lowest BCUT2D eigenvalue weighted by Crippen LogP contribution is -2.58. The Balaban J connectivity index is 1.79. The van der Waals surface area contributed by atoms with Crippen LogP contribution in [0.5, 0.6) is 0 Å². The largest absolute Gasteiger partial charge is 0.341 e. The van der Waals surface area contributed by atoms with Crippen LogP contribution < -0.4 is 4.90 Å². The minimum atomic E-state index is -0.493. The molecule has 2 heterocycles. The van der Waals surface area contributed by atoms with Crippen molar-refractivity contribution in [3.63, 3.8) is 0 Å². The molecule has 1 aromatic carbocycles. The smallest absolute Gasteiger partial charge is 0.236 e. The first-order valence-electron chi connectivity index (χ1n) is 8.91. The molecule has 1 atom stereocenters. The molecule has 0 bridgehead atoms. The molecule has 0 aliphatic carbocycles. The van der Waals surface area contributed by atoms with Gasteiger partial charge in [-0.1, -0.05) is 0 Å². The van der Waals surface area contributed by atoms with Crippen molar-refractivity contribution in [1.29, 1.82) is 0 Å².